The quantitative estimate of drug-likeness (QED) is 0.257. The van der Waals surface area contributed by atoms with Gasteiger partial charge in [-0.05, 0) is 49.7 Å². The molecule has 0 radical (unpaired) electrons. The minimum atomic E-state index is -0.719. The number of aromatic nitrogens is 4. The monoisotopic (exact) mass is 541 g/mol. The fraction of sp³-hybridized carbons (Fsp3) is 0.103. The van der Waals surface area contributed by atoms with Crippen LogP contribution in [0.15, 0.2) is 76.2 Å². The van der Waals surface area contributed by atoms with Crippen molar-refractivity contribution in [2.45, 2.75) is 20.4 Å². The van der Waals surface area contributed by atoms with Gasteiger partial charge in [-0.1, -0.05) is 35.9 Å². The number of rotatable bonds is 5. The van der Waals surface area contributed by atoms with Gasteiger partial charge < -0.3 is 14.3 Å². The number of fused-ring (bicyclic) bond motifs is 2. The van der Waals surface area contributed by atoms with Gasteiger partial charge in [0.25, 0.3) is 5.91 Å². The molecule has 8 nitrogen and oxygen atoms in total. The van der Waals surface area contributed by atoms with Crippen molar-refractivity contribution in [1.82, 2.24) is 19.7 Å². The van der Waals surface area contributed by atoms with E-state index in [-0.39, 0.29) is 16.0 Å². The van der Waals surface area contributed by atoms with Crippen LogP contribution in [-0.4, -0.2) is 25.7 Å². The molecule has 6 aromatic rings. The molecule has 0 aliphatic carbocycles. The molecule has 3 aromatic heterocycles. The van der Waals surface area contributed by atoms with Crippen LogP contribution in [-0.2, 0) is 6.54 Å². The highest BCUT2D eigenvalue weighted by Crippen LogP contribution is 2.33. The number of benzene rings is 3. The summed E-state index contributed by atoms with van der Waals surface area (Å²) in [5.41, 5.74) is 4.96. The number of hydrogen-bond acceptors (Lipinski definition) is 5. The zero-order chi connectivity index (χ0) is 27.3. The van der Waals surface area contributed by atoms with Crippen molar-refractivity contribution >= 4 is 45.2 Å². The number of pyridine rings is 1. The van der Waals surface area contributed by atoms with Gasteiger partial charge in [0.2, 0.25) is 11.3 Å². The van der Waals surface area contributed by atoms with Gasteiger partial charge in [0.05, 0.1) is 28.0 Å². The summed E-state index contributed by atoms with van der Waals surface area (Å²) in [5.74, 6) is -0.874. The number of aromatic amines is 1. The molecular formula is C29H21ClFN5O3. The van der Waals surface area contributed by atoms with Crippen LogP contribution in [0.1, 0.15) is 22.8 Å². The van der Waals surface area contributed by atoms with E-state index >= 15 is 0 Å². The second-order valence-corrected chi connectivity index (χ2v) is 9.48. The van der Waals surface area contributed by atoms with Crippen LogP contribution in [0.5, 0.6) is 0 Å². The molecule has 0 fully saturated rings. The number of nitrogens with zero attached hydrogens (tertiary/aromatic N) is 3. The summed E-state index contributed by atoms with van der Waals surface area (Å²) in [4.78, 5) is 30.8. The van der Waals surface area contributed by atoms with Crippen LogP contribution in [0.3, 0.4) is 0 Å². The molecule has 0 atom stereocenters. The summed E-state index contributed by atoms with van der Waals surface area (Å²) in [5, 5.41) is 9.91. The third-order valence-electron chi connectivity index (χ3n) is 6.63. The molecule has 3 heterocycles. The molecule has 194 valence electrons. The largest absolute Gasteiger partial charge is 0.436 e. The Bertz CT molecular complexity index is 1960. The molecule has 0 aliphatic heterocycles. The van der Waals surface area contributed by atoms with Gasteiger partial charge in [-0.2, -0.15) is 5.10 Å². The Kier molecular flexibility index (Phi) is 6.00. The first kappa shape index (κ1) is 24.6. The smallest absolute Gasteiger partial charge is 0.261 e. The summed E-state index contributed by atoms with van der Waals surface area (Å²) < 4.78 is 21.8. The maximum atomic E-state index is 14.1. The number of hydrogen-bond donors (Lipinski definition) is 2. The molecule has 0 saturated heterocycles. The first-order valence-corrected chi connectivity index (χ1v) is 12.6. The van der Waals surface area contributed by atoms with E-state index in [1.165, 1.54) is 12.3 Å². The Balaban J connectivity index is 1.29. The lowest BCUT2D eigenvalue weighted by Gasteiger charge is -2.13. The van der Waals surface area contributed by atoms with Crippen LogP contribution in [0.2, 0.25) is 5.02 Å². The van der Waals surface area contributed by atoms with Gasteiger partial charge in [0.15, 0.2) is 5.58 Å². The Morgan fingerprint density at radius 2 is 1.97 bits per heavy atom. The fourth-order valence-corrected chi connectivity index (χ4v) is 4.75. The summed E-state index contributed by atoms with van der Waals surface area (Å²) >= 11 is 5.91. The second kappa shape index (κ2) is 9.52. The van der Waals surface area contributed by atoms with Crippen molar-refractivity contribution in [3.05, 3.63) is 99.2 Å². The Morgan fingerprint density at radius 3 is 2.72 bits per heavy atom. The van der Waals surface area contributed by atoms with E-state index < -0.39 is 17.2 Å². The predicted molar refractivity (Wildman–Crippen MR) is 149 cm³/mol. The number of para-hydroxylation sites is 1. The lowest BCUT2D eigenvalue weighted by atomic mass is 10.1. The summed E-state index contributed by atoms with van der Waals surface area (Å²) in [6, 6.07) is 15.3. The second-order valence-electron chi connectivity index (χ2n) is 9.07. The summed E-state index contributed by atoms with van der Waals surface area (Å²) in [6.45, 7) is 4.29. The number of nitrogens with one attached hydrogen (secondary N) is 2. The number of anilines is 1. The van der Waals surface area contributed by atoms with Gasteiger partial charge in [-0.3, -0.25) is 14.7 Å². The fourth-order valence-electron chi connectivity index (χ4n) is 4.60. The van der Waals surface area contributed by atoms with Crippen LogP contribution in [0.4, 0.5) is 10.1 Å². The molecule has 6 rings (SSSR count). The van der Waals surface area contributed by atoms with Crippen LogP contribution in [0, 0.1) is 12.7 Å². The Labute approximate surface area is 226 Å². The number of amides is 1. The highest BCUT2D eigenvalue weighted by Gasteiger charge is 2.19. The van der Waals surface area contributed by atoms with E-state index in [9.17, 15) is 14.0 Å². The molecule has 3 aromatic carbocycles. The summed E-state index contributed by atoms with van der Waals surface area (Å²) in [7, 11) is 0. The Morgan fingerprint density at radius 1 is 1.18 bits per heavy atom. The zero-order valence-electron chi connectivity index (χ0n) is 20.9. The normalized spacial score (nSPS) is 11.4. The van der Waals surface area contributed by atoms with Crippen molar-refractivity contribution in [2.75, 3.05) is 5.32 Å². The Hall–Kier alpha value is -4.76. The third-order valence-corrected chi connectivity index (χ3v) is 6.92. The molecule has 10 heteroatoms. The van der Waals surface area contributed by atoms with E-state index in [4.69, 9.17) is 16.0 Å². The first-order valence-electron chi connectivity index (χ1n) is 12.2. The molecule has 0 unspecified atom stereocenters. The lowest BCUT2D eigenvalue weighted by molar-refractivity contribution is 0.102. The number of H-pyrrole nitrogens is 1. The van der Waals surface area contributed by atoms with Gasteiger partial charge in [0.1, 0.15) is 16.9 Å². The molecule has 0 saturated carbocycles. The number of carbonyl (C=O) groups excluding carboxylic acids is 1. The molecule has 0 spiro atoms. The van der Waals surface area contributed by atoms with Crippen molar-refractivity contribution < 1.29 is 13.6 Å². The van der Waals surface area contributed by atoms with Gasteiger partial charge in [-0.25, -0.2) is 9.37 Å². The average molecular weight is 542 g/mol. The highest BCUT2D eigenvalue weighted by atomic mass is 35.5. The van der Waals surface area contributed by atoms with Crippen LogP contribution < -0.4 is 10.7 Å². The van der Waals surface area contributed by atoms with E-state index in [0.29, 0.717) is 40.5 Å². The topological polar surface area (TPSA) is 106 Å². The van der Waals surface area contributed by atoms with Crippen LogP contribution >= 0.6 is 11.6 Å². The molecule has 39 heavy (non-hydrogen) atoms. The van der Waals surface area contributed by atoms with Gasteiger partial charge >= 0.3 is 0 Å². The number of carbonyl (C=O) groups is 1. The van der Waals surface area contributed by atoms with E-state index in [1.807, 2.05) is 44.2 Å². The number of aryl methyl sites for hydroxylation is 2. The van der Waals surface area contributed by atoms with Gasteiger partial charge in [-0.15, -0.1) is 0 Å². The average Bonchev–Trinajstić information content (AvgIpc) is 3.59. The SMILES string of the molecule is CCn1cc(C(=O)Nc2ccc(-c3[nH]ncc3-c3nc4c(C)cccc4o3)cc2)c(=O)c2cc(F)c(Cl)cc21. The van der Waals surface area contributed by atoms with E-state index in [2.05, 4.69) is 20.5 Å². The first-order chi connectivity index (χ1) is 18.8. The van der Waals surface area contributed by atoms with Crippen molar-refractivity contribution in [3.63, 3.8) is 0 Å². The summed E-state index contributed by atoms with van der Waals surface area (Å²) in [6.07, 6.45) is 3.11. The van der Waals surface area contributed by atoms with Crippen LogP contribution in [0.25, 0.3) is 44.7 Å². The molecule has 0 aliphatic rings. The van der Waals surface area contributed by atoms with E-state index in [1.54, 1.807) is 22.9 Å². The molecule has 2 N–H and O–H groups in total. The van der Waals surface area contributed by atoms with Crippen molar-refractivity contribution in [2.24, 2.45) is 0 Å². The van der Waals surface area contributed by atoms with E-state index in [0.717, 1.165) is 22.7 Å². The highest BCUT2D eigenvalue weighted by molar-refractivity contribution is 6.31. The van der Waals surface area contributed by atoms with Crippen molar-refractivity contribution in [3.8, 4) is 22.7 Å². The predicted octanol–water partition coefficient (Wildman–Crippen LogP) is 6.57. The minimum absolute atomic E-state index is 0.0860. The number of halogens is 2. The minimum Gasteiger partial charge on any atom is -0.436 e. The molecule has 1 amide bonds. The maximum Gasteiger partial charge on any atom is 0.261 e. The van der Waals surface area contributed by atoms with Crippen molar-refractivity contribution in [1.29, 1.82) is 0 Å². The molecular weight excluding hydrogens is 521 g/mol. The standard InChI is InChI=1S/C29H21ClFN5O3/c1-3-36-14-20(27(37)18-11-22(31)21(30)12-23(18)36)28(38)33-17-9-7-16(8-10-17)26-19(13-32-35-26)29-34-25-15(2)5-4-6-24(25)39-29/h4-14H,3H2,1-2H3,(H,32,35)(H,33,38). The van der Waals surface area contributed by atoms with Gasteiger partial charge in [0, 0.05) is 29.4 Å². The molecule has 0 bridgehead atoms. The third kappa shape index (κ3) is 4.26. The lowest BCUT2D eigenvalue weighted by Crippen LogP contribution is -2.24. The zero-order valence-corrected chi connectivity index (χ0v) is 21.6. The maximum absolute atomic E-state index is 14.1. The number of oxazole rings is 1.